The maximum atomic E-state index is 13.5. The van der Waals surface area contributed by atoms with Crippen LogP contribution < -0.4 is 4.74 Å². The Labute approximate surface area is 193 Å². The predicted molar refractivity (Wildman–Crippen MR) is 125 cm³/mol. The second-order valence-electron chi connectivity index (χ2n) is 7.79. The van der Waals surface area contributed by atoms with Crippen LogP contribution in [0.15, 0.2) is 35.6 Å². The fourth-order valence-corrected chi connectivity index (χ4v) is 4.99. The number of benzene rings is 1. The van der Waals surface area contributed by atoms with Crippen LogP contribution in [0.5, 0.6) is 5.75 Å². The minimum atomic E-state index is -0.653. The summed E-state index contributed by atoms with van der Waals surface area (Å²) in [4.78, 5) is 35.3. The predicted octanol–water partition coefficient (Wildman–Crippen LogP) is 4.08. The number of aromatic nitrogens is 1. The van der Waals surface area contributed by atoms with Crippen molar-refractivity contribution in [1.29, 1.82) is 0 Å². The molecule has 0 saturated heterocycles. The number of thiazole rings is 1. The van der Waals surface area contributed by atoms with Gasteiger partial charge in [0.15, 0.2) is 5.76 Å². The Morgan fingerprint density at radius 1 is 1.22 bits per heavy atom. The van der Waals surface area contributed by atoms with Gasteiger partial charge in [0.2, 0.25) is 5.78 Å². The van der Waals surface area contributed by atoms with Crippen LogP contribution in [-0.2, 0) is 4.79 Å². The van der Waals surface area contributed by atoms with Gasteiger partial charge in [-0.3, -0.25) is 9.59 Å². The van der Waals surface area contributed by atoms with Gasteiger partial charge in [0.05, 0.1) is 34.3 Å². The number of hydrogen-bond donors (Lipinski definition) is 1. The highest BCUT2D eigenvalue weighted by atomic mass is 32.1. The zero-order chi connectivity index (χ0) is 23.4. The summed E-state index contributed by atoms with van der Waals surface area (Å²) in [7, 11) is 1.59. The largest absolute Gasteiger partial charge is 0.503 e. The van der Waals surface area contributed by atoms with Gasteiger partial charge >= 0.3 is 0 Å². The number of aryl methyl sites for hydroxylation is 2. The van der Waals surface area contributed by atoms with Gasteiger partial charge in [-0.05, 0) is 57.6 Å². The van der Waals surface area contributed by atoms with E-state index < -0.39 is 17.7 Å². The van der Waals surface area contributed by atoms with Crippen LogP contribution in [0.25, 0.3) is 0 Å². The van der Waals surface area contributed by atoms with Gasteiger partial charge in [0, 0.05) is 6.54 Å². The Bertz CT molecular complexity index is 1010. The van der Waals surface area contributed by atoms with Crippen LogP contribution in [0.2, 0.25) is 0 Å². The molecule has 2 aromatic rings. The summed E-state index contributed by atoms with van der Waals surface area (Å²) in [6, 6.07) is 6.62. The minimum absolute atomic E-state index is 0.120. The van der Waals surface area contributed by atoms with Crippen LogP contribution in [0.4, 0.5) is 0 Å². The smallest absolute Gasteiger partial charge is 0.290 e. The Kier molecular flexibility index (Phi) is 7.69. The first kappa shape index (κ1) is 23.9. The van der Waals surface area contributed by atoms with Gasteiger partial charge in [0.25, 0.3) is 5.91 Å². The molecule has 1 atom stereocenters. The van der Waals surface area contributed by atoms with Gasteiger partial charge in [-0.2, -0.15) is 0 Å². The number of nitrogens with zero attached hydrogens (tertiary/aromatic N) is 3. The molecule has 1 amide bonds. The van der Waals surface area contributed by atoms with Crippen molar-refractivity contribution < 1.29 is 19.4 Å². The summed E-state index contributed by atoms with van der Waals surface area (Å²) in [6.07, 6.45) is 0.744. The molecular weight excluding hydrogens is 426 g/mol. The highest BCUT2D eigenvalue weighted by molar-refractivity contribution is 7.14. The number of carbonyl (C=O) groups excluding carboxylic acids is 2. The van der Waals surface area contributed by atoms with Crippen molar-refractivity contribution in [2.75, 3.05) is 33.3 Å². The van der Waals surface area contributed by atoms with E-state index in [0.717, 1.165) is 36.6 Å². The highest BCUT2D eigenvalue weighted by Gasteiger charge is 2.44. The molecule has 0 unspecified atom stereocenters. The van der Waals surface area contributed by atoms with Crippen molar-refractivity contribution in [2.24, 2.45) is 0 Å². The lowest BCUT2D eigenvalue weighted by Gasteiger charge is -2.28. The third-order valence-corrected chi connectivity index (χ3v) is 6.93. The molecular formula is C24H31N3O4S. The molecule has 2 heterocycles. The monoisotopic (exact) mass is 457 g/mol. The number of ether oxygens (including phenoxy) is 1. The van der Waals surface area contributed by atoms with Crippen molar-refractivity contribution in [3.63, 3.8) is 0 Å². The first-order valence-electron chi connectivity index (χ1n) is 10.9. The number of ketones is 1. The Morgan fingerprint density at radius 2 is 1.88 bits per heavy atom. The molecule has 32 heavy (non-hydrogen) atoms. The van der Waals surface area contributed by atoms with Crippen LogP contribution in [0.3, 0.4) is 0 Å². The highest BCUT2D eigenvalue weighted by Crippen LogP contribution is 2.40. The second-order valence-corrected chi connectivity index (χ2v) is 9.00. The van der Waals surface area contributed by atoms with Crippen LogP contribution in [0, 0.1) is 13.8 Å². The van der Waals surface area contributed by atoms with Gasteiger partial charge < -0.3 is 19.6 Å². The molecule has 3 rings (SSSR count). The van der Waals surface area contributed by atoms with Crippen molar-refractivity contribution in [3.05, 3.63) is 56.7 Å². The molecule has 7 nitrogen and oxygen atoms in total. The van der Waals surface area contributed by atoms with Crippen LogP contribution in [-0.4, -0.2) is 64.9 Å². The van der Waals surface area contributed by atoms with Gasteiger partial charge in [0.1, 0.15) is 5.75 Å². The van der Waals surface area contributed by atoms with Crippen molar-refractivity contribution in [1.82, 2.24) is 14.8 Å². The van der Waals surface area contributed by atoms with Gasteiger partial charge in [-0.1, -0.05) is 26.0 Å². The Balaban J connectivity index is 1.98. The summed E-state index contributed by atoms with van der Waals surface area (Å²) < 4.78 is 5.26. The molecule has 1 aromatic heterocycles. The van der Waals surface area contributed by atoms with Crippen LogP contribution in [0.1, 0.15) is 52.2 Å². The second kappa shape index (κ2) is 10.3. The summed E-state index contributed by atoms with van der Waals surface area (Å²) in [6.45, 7) is 11.0. The Morgan fingerprint density at radius 3 is 2.41 bits per heavy atom. The summed E-state index contributed by atoms with van der Waals surface area (Å²) in [5.74, 6) is -0.635. The molecule has 8 heteroatoms. The van der Waals surface area contributed by atoms with Crippen molar-refractivity contribution in [2.45, 2.75) is 40.2 Å². The van der Waals surface area contributed by atoms with E-state index in [1.165, 1.54) is 11.3 Å². The molecule has 0 spiro atoms. The zero-order valence-corrected chi connectivity index (χ0v) is 20.2. The van der Waals surface area contributed by atoms with E-state index in [1.54, 1.807) is 31.1 Å². The third kappa shape index (κ3) is 4.71. The maximum absolute atomic E-state index is 13.5. The molecule has 1 aliphatic rings. The average Bonchev–Trinajstić information content (AvgIpc) is 3.26. The molecule has 0 bridgehead atoms. The molecule has 1 N–H and O–H groups in total. The molecule has 1 aliphatic heterocycles. The summed E-state index contributed by atoms with van der Waals surface area (Å²) in [5, 5.41) is 11.6. The van der Waals surface area contributed by atoms with E-state index in [4.69, 9.17) is 4.74 Å². The molecule has 0 saturated carbocycles. The molecule has 0 fully saturated rings. The van der Waals surface area contributed by atoms with E-state index in [1.807, 2.05) is 19.1 Å². The van der Waals surface area contributed by atoms with Crippen molar-refractivity contribution >= 4 is 23.0 Å². The van der Waals surface area contributed by atoms with Crippen LogP contribution >= 0.6 is 11.3 Å². The lowest BCUT2D eigenvalue weighted by molar-refractivity contribution is -0.129. The summed E-state index contributed by atoms with van der Waals surface area (Å²) in [5.41, 5.74) is 1.49. The molecule has 0 radical (unpaired) electrons. The van der Waals surface area contributed by atoms with E-state index in [9.17, 15) is 14.7 Å². The topological polar surface area (TPSA) is 83.0 Å². The van der Waals surface area contributed by atoms with E-state index in [0.29, 0.717) is 22.9 Å². The van der Waals surface area contributed by atoms with E-state index >= 15 is 0 Å². The first-order valence-corrected chi connectivity index (χ1v) is 11.7. The fourth-order valence-electron chi connectivity index (χ4n) is 4.12. The minimum Gasteiger partial charge on any atom is -0.503 e. The van der Waals surface area contributed by atoms with Crippen molar-refractivity contribution in [3.8, 4) is 5.75 Å². The quantitative estimate of drug-likeness (QED) is 0.542. The molecule has 1 aromatic carbocycles. The number of hydrogen-bond acceptors (Lipinski definition) is 7. The van der Waals surface area contributed by atoms with E-state index in [2.05, 4.69) is 23.7 Å². The number of aliphatic hydroxyl groups excluding tert-OH is 1. The number of amides is 1. The number of carbonyl (C=O) groups is 2. The summed E-state index contributed by atoms with van der Waals surface area (Å²) >= 11 is 1.28. The Hall–Kier alpha value is -2.71. The number of Topliss-reactive ketones (excluding diaryl/α,β-unsaturated/α-hetero) is 1. The number of aliphatic hydroxyl groups is 1. The lowest BCUT2D eigenvalue weighted by Crippen LogP contribution is -2.34. The maximum Gasteiger partial charge on any atom is 0.290 e. The number of methoxy groups -OCH3 is 1. The molecule has 172 valence electrons. The van der Waals surface area contributed by atoms with Gasteiger partial charge in [-0.15, -0.1) is 11.3 Å². The number of rotatable bonds is 10. The van der Waals surface area contributed by atoms with Gasteiger partial charge in [-0.25, -0.2) is 4.98 Å². The fraction of sp³-hybridized carbons (Fsp3) is 0.458. The standard InChI is InChI=1S/C24H31N3O4S/c1-6-26(7-2)13-8-14-27-20(17-9-11-18(31-5)12-10-17)19(22(29)24(27)30)21(28)23-15(3)25-16(4)32-23/h9-12,20,29H,6-8,13-14H2,1-5H3/t20-/m0/s1. The lowest BCUT2D eigenvalue weighted by atomic mass is 9.95. The normalized spacial score (nSPS) is 16.4. The van der Waals surface area contributed by atoms with E-state index in [-0.39, 0.29) is 11.4 Å². The molecule has 0 aliphatic carbocycles. The first-order chi connectivity index (χ1) is 15.3. The average molecular weight is 458 g/mol. The SMILES string of the molecule is CCN(CC)CCCN1C(=O)C(O)=C(C(=O)c2sc(C)nc2C)[C@@H]1c1ccc(OC)cc1. The third-order valence-electron chi connectivity index (χ3n) is 5.86. The zero-order valence-electron chi connectivity index (χ0n) is 19.3.